The predicted octanol–water partition coefficient (Wildman–Crippen LogP) is 8.40. The van der Waals surface area contributed by atoms with Crippen molar-refractivity contribution in [2.75, 3.05) is 53.8 Å². The molecule has 424 valence electrons. The van der Waals surface area contributed by atoms with Crippen LogP contribution in [0.2, 0.25) is 0 Å². The highest BCUT2D eigenvalue weighted by Gasteiger charge is 2.51. The first-order valence-electron chi connectivity index (χ1n) is 26.1. The fraction of sp³-hybridized carbons (Fsp3) is 0.571. The molecule has 1 unspecified atom stereocenters. The Morgan fingerprint density at radius 3 is 1.82 bits per heavy atom. The highest BCUT2D eigenvalue weighted by molar-refractivity contribution is 7.44. The van der Waals surface area contributed by atoms with Crippen LogP contribution in [0.3, 0.4) is 0 Å². The number of nitriles is 1. The Balaban J connectivity index is 1.41. The number of nitrogens with zero attached hydrogens (tertiary/aromatic N) is 2. The summed E-state index contributed by atoms with van der Waals surface area (Å²) in [5.74, 6) is -2.27. The van der Waals surface area contributed by atoms with E-state index in [1.54, 1.807) is 14.2 Å². The predicted molar refractivity (Wildman–Crippen MR) is 285 cm³/mol. The topological polar surface area (TPSA) is 252 Å². The lowest BCUT2D eigenvalue weighted by Gasteiger charge is -2.44. The summed E-state index contributed by atoms with van der Waals surface area (Å²) in [6, 6.07) is 27.3. The van der Waals surface area contributed by atoms with Gasteiger partial charge in [-0.1, -0.05) is 80.3 Å². The lowest BCUT2D eigenvalue weighted by atomic mass is 9.80. The zero-order valence-electron chi connectivity index (χ0n) is 46.0. The third kappa shape index (κ3) is 20.4. The van der Waals surface area contributed by atoms with Gasteiger partial charge in [0.2, 0.25) is 5.91 Å². The van der Waals surface area contributed by atoms with E-state index in [0.29, 0.717) is 30.9 Å². The number of nitrogens with one attached hydrogen (secondary N) is 1. The second-order valence-corrected chi connectivity index (χ2v) is 20.3. The number of amides is 2. The molecule has 0 saturated carbocycles. The second-order valence-electron chi connectivity index (χ2n) is 18.9. The number of carbonyl (C=O) groups is 5. The smallest absolute Gasteiger partial charge is 0.407 e. The molecule has 3 N–H and O–H groups in total. The maximum atomic E-state index is 13.4. The summed E-state index contributed by atoms with van der Waals surface area (Å²) in [6.07, 6.45) is -1.52. The van der Waals surface area contributed by atoms with Crippen molar-refractivity contribution in [1.29, 1.82) is 5.26 Å². The van der Waals surface area contributed by atoms with Gasteiger partial charge in [0.05, 0.1) is 45.8 Å². The number of alkyl carbamates (subject to hydrolysis) is 1. The van der Waals surface area contributed by atoms with Gasteiger partial charge in [-0.3, -0.25) is 19.2 Å². The maximum absolute atomic E-state index is 13.4. The SMILES string of the molecule is COc1ccc(C(OC[C@@H](COC(=O)NCCCCCCCCO[C@@H]2O[C@H](COC(C)=O)[C@H](OC(C)=O)[C@H](OC(C)=O)[C@H]2CC(N)=O)OP(OCCC#N)N(C(C)C)C(C)C)(c2ccccc2)c2ccc(OC)cc2)cc1. The number of carbonyl (C=O) groups excluding carboxylic acids is 5. The zero-order valence-corrected chi connectivity index (χ0v) is 46.9. The molecule has 4 rings (SSSR count). The third-order valence-corrected chi connectivity index (χ3v) is 14.5. The number of methoxy groups -OCH3 is 2. The molecular formula is C56H79N4O16P. The Kier molecular flexibility index (Phi) is 27.6. The molecule has 1 fully saturated rings. The van der Waals surface area contributed by atoms with Crippen LogP contribution < -0.4 is 20.5 Å². The summed E-state index contributed by atoms with van der Waals surface area (Å²) in [4.78, 5) is 61.5. The van der Waals surface area contributed by atoms with E-state index in [1.807, 2.05) is 107 Å². The first-order valence-corrected chi connectivity index (χ1v) is 27.2. The molecule has 1 aliphatic heterocycles. The molecule has 3 aromatic carbocycles. The van der Waals surface area contributed by atoms with Crippen LogP contribution in [0.1, 0.15) is 117 Å². The fourth-order valence-corrected chi connectivity index (χ4v) is 10.6. The number of nitrogens with two attached hydrogens (primary N) is 1. The first kappa shape index (κ1) is 63.6. The number of ether oxygens (including phenoxy) is 9. The van der Waals surface area contributed by atoms with Gasteiger partial charge in [0.15, 0.2) is 12.4 Å². The number of rotatable bonds is 34. The lowest BCUT2D eigenvalue weighted by Crippen LogP contribution is -2.59. The molecule has 20 nitrogen and oxygen atoms in total. The normalized spacial score (nSPS) is 18.2. The van der Waals surface area contributed by atoms with Crippen LogP contribution in [-0.4, -0.2) is 131 Å². The Morgan fingerprint density at radius 1 is 0.727 bits per heavy atom. The standard InChI is InChI=1S/C56H79N4O16P/c1-38(2)60(39(3)4)77(72-33-19-30-57)76-48(36-71-56(43-20-15-14-16-21-43,44-22-26-46(66-8)27-23-44)45-24-28-47(67-9)29-25-45)35-70-55(65)59-31-17-12-10-11-13-18-32-68-54-49(34-51(58)64)52(73-41(6)62)53(74-42(7)63)50(75-54)37-69-40(5)61/h14-16,20-29,38-39,48-50,52-54H,10-13,17-19,31-37H2,1-9H3,(H2,58,64)(H,59,65)/t48-,49-,50-,52-,53+,54-,77?/m1/s1. The molecule has 0 bridgehead atoms. The second kappa shape index (κ2) is 33.4. The third-order valence-electron chi connectivity index (χ3n) is 12.3. The molecular weight excluding hydrogens is 1020 g/mol. The van der Waals surface area contributed by atoms with E-state index in [4.69, 9.17) is 57.4 Å². The van der Waals surface area contributed by atoms with Gasteiger partial charge in [-0.25, -0.2) is 9.46 Å². The van der Waals surface area contributed by atoms with Gasteiger partial charge in [0, 0.05) is 52.4 Å². The molecule has 7 atom stereocenters. The van der Waals surface area contributed by atoms with Crippen molar-refractivity contribution in [3.8, 4) is 17.6 Å². The van der Waals surface area contributed by atoms with Gasteiger partial charge in [-0.2, -0.15) is 5.26 Å². The monoisotopic (exact) mass is 1090 g/mol. The van der Waals surface area contributed by atoms with Crippen LogP contribution in [0.4, 0.5) is 4.79 Å². The van der Waals surface area contributed by atoms with E-state index >= 15 is 0 Å². The van der Waals surface area contributed by atoms with Crippen molar-refractivity contribution in [2.24, 2.45) is 11.7 Å². The average molecular weight is 1100 g/mol. The van der Waals surface area contributed by atoms with Crippen LogP contribution in [0, 0.1) is 17.2 Å². The van der Waals surface area contributed by atoms with Crippen molar-refractivity contribution in [3.05, 3.63) is 95.6 Å². The molecule has 0 radical (unpaired) electrons. The number of unbranched alkanes of at least 4 members (excludes halogenated alkanes) is 5. The molecule has 3 aromatic rings. The van der Waals surface area contributed by atoms with Crippen LogP contribution in [0.25, 0.3) is 0 Å². The van der Waals surface area contributed by atoms with E-state index < -0.39 is 80.7 Å². The Hall–Kier alpha value is -5.91. The summed E-state index contributed by atoms with van der Waals surface area (Å²) < 4.78 is 67.7. The zero-order chi connectivity index (χ0) is 56.3. The van der Waals surface area contributed by atoms with Crippen molar-refractivity contribution in [3.63, 3.8) is 0 Å². The number of esters is 3. The molecule has 1 aliphatic rings. The summed E-state index contributed by atoms with van der Waals surface area (Å²) in [5, 5.41) is 12.3. The van der Waals surface area contributed by atoms with Crippen LogP contribution in [-0.2, 0) is 67.0 Å². The quantitative estimate of drug-likeness (QED) is 0.0187. The average Bonchev–Trinajstić information content (AvgIpc) is 3.39. The lowest BCUT2D eigenvalue weighted by molar-refractivity contribution is -0.291. The largest absolute Gasteiger partial charge is 0.497 e. The molecule has 1 heterocycles. The summed E-state index contributed by atoms with van der Waals surface area (Å²) in [5.41, 5.74) is 6.83. The summed E-state index contributed by atoms with van der Waals surface area (Å²) >= 11 is 0. The van der Waals surface area contributed by atoms with Gasteiger partial charge < -0.3 is 62.7 Å². The van der Waals surface area contributed by atoms with Crippen molar-refractivity contribution in [2.45, 2.75) is 148 Å². The molecule has 77 heavy (non-hydrogen) atoms. The highest BCUT2D eigenvalue weighted by Crippen LogP contribution is 2.48. The van der Waals surface area contributed by atoms with E-state index in [-0.39, 0.29) is 58.0 Å². The Labute approximate surface area is 454 Å². The van der Waals surface area contributed by atoms with Crippen LogP contribution >= 0.6 is 8.53 Å². The molecule has 0 aliphatic carbocycles. The number of hydrogen-bond donors (Lipinski definition) is 2. The number of primary amides is 1. The van der Waals surface area contributed by atoms with Crippen molar-refractivity contribution < 1.29 is 75.7 Å². The van der Waals surface area contributed by atoms with Crippen molar-refractivity contribution >= 4 is 38.4 Å². The molecule has 2 amide bonds. The Bertz CT molecular complexity index is 2250. The van der Waals surface area contributed by atoms with Crippen LogP contribution in [0.15, 0.2) is 78.9 Å². The van der Waals surface area contributed by atoms with Crippen molar-refractivity contribution in [1.82, 2.24) is 9.99 Å². The minimum atomic E-state index is -1.78. The van der Waals surface area contributed by atoms with Gasteiger partial charge in [0.1, 0.15) is 48.6 Å². The van der Waals surface area contributed by atoms with E-state index in [2.05, 4.69) is 16.1 Å². The number of hydrogen-bond acceptors (Lipinski definition) is 18. The number of benzene rings is 3. The highest BCUT2D eigenvalue weighted by atomic mass is 31.2. The Morgan fingerprint density at radius 2 is 1.29 bits per heavy atom. The van der Waals surface area contributed by atoms with E-state index in [9.17, 15) is 29.2 Å². The first-order chi connectivity index (χ1) is 36.9. The van der Waals surface area contributed by atoms with Gasteiger partial charge in [-0.15, -0.1) is 0 Å². The summed E-state index contributed by atoms with van der Waals surface area (Å²) in [6.45, 7) is 11.9. The molecule has 0 spiro atoms. The molecule has 21 heteroatoms. The molecule has 0 aromatic heterocycles. The summed E-state index contributed by atoms with van der Waals surface area (Å²) in [7, 11) is 1.45. The van der Waals surface area contributed by atoms with Crippen LogP contribution in [0.5, 0.6) is 11.5 Å². The molecule has 1 saturated heterocycles. The minimum Gasteiger partial charge on any atom is -0.497 e. The van der Waals surface area contributed by atoms with E-state index in [0.717, 1.165) is 42.4 Å². The van der Waals surface area contributed by atoms with Gasteiger partial charge in [-0.05, 0) is 81.5 Å². The van der Waals surface area contributed by atoms with E-state index in [1.165, 1.54) is 20.8 Å². The fourth-order valence-electron chi connectivity index (χ4n) is 8.95. The van der Waals surface area contributed by atoms with Gasteiger partial charge >= 0.3 is 24.0 Å². The maximum Gasteiger partial charge on any atom is 0.407 e. The minimum absolute atomic E-state index is 0.00389. The van der Waals surface area contributed by atoms with Gasteiger partial charge in [0.25, 0.3) is 8.53 Å².